The molecule has 1 aliphatic rings. The summed E-state index contributed by atoms with van der Waals surface area (Å²) in [5.41, 5.74) is 0. The zero-order valence-corrected chi connectivity index (χ0v) is 8.28. The van der Waals surface area contributed by atoms with Gasteiger partial charge in [0.15, 0.2) is 0 Å². The molecule has 1 aliphatic carbocycles. The average Bonchev–Trinajstić information content (AvgIpc) is 2.12. The normalized spacial score (nSPS) is 12.7. The van der Waals surface area contributed by atoms with Gasteiger partial charge in [-0.15, -0.1) is 13.2 Å². The summed E-state index contributed by atoms with van der Waals surface area (Å²) in [6.07, 6.45) is 10.0. The van der Waals surface area contributed by atoms with Gasteiger partial charge in [-0.05, 0) is 25.7 Å². The maximum absolute atomic E-state index is 8.50. The molecule has 0 amide bonds. The number of allylic oxidation sites excluding steroid dienone is 2. The van der Waals surface area contributed by atoms with Gasteiger partial charge in [-0.2, -0.15) is 0 Å². The van der Waals surface area contributed by atoms with Crippen molar-refractivity contribution in [3.05, 3.63) is 25.3 Å². The molecule has 0 aromatic heterocycles. The Bertz CT molecular complexity index is 118. The minimum atomic E-state index is -2.00. The van der Waals surface area contributed by atoms with Gasteiger partial charge in [0, 0.05) is 0 Å². The van der Waals surface area contributed by atoms with E-state index in [1.54, 1.807) is 0 Å². The molecule has 0 bridgehead atoms. The maximum atomic E-state index is 8.50. The molecule has 1 rings (SSSR count). The molecule has 0 aliphatic heterocycles. The van der Waals surface area contributed by atoms with Crippen LogP contribution in [0.15, 0.2) is 25.3 Å². The molecule has 0 aromatic carbocycles. The van der Waals surface area contributed by atoms with Crippen molar-refractivity contribution in [3.8, 4) is 0 Å². The topological polar surface area (TPSA) is 34.1 Å². The van der Waals surface area contributed by atoms with Crippen molar-refractivity contribution < 1.29 is 25.7 Å². The van der Waals surface area contributed by atoms with Crippen LogP contribution < -0.4 is 0 Å². The Labute approximate surface area is 77.0 Å². The van der Waals surface area contributed by atoms with Crippen LogP contribution in [0.25, 0.3) is 0 Å². The van der Waals surface area contributed by atoms with Crippen LogP contribution >= 0.6 is 0 Å². The van der Waals surface area contributed by atoms with Crippen molar-refractivity contribution in [2.75, 3.05) is 0 Å². The monoisotopic (exact) mass is 190 g/mol. The molecule has 0 aromatic rings. The Hall–Kier alpha value is -0.206. The van der Waals surface area contributed by atoms with Crippen molar-refractivity contribution >= 4 is 0 Å². The summed E-state index contributed by atoms with van der Waals surface area (Å²) in [6.45, 7) is 6.00. The van der Waals surface area contributed by atoms with Crippen molar-refractivity contribution in [1.29, 1.82) is 0 Å². The Morgan fingerprint density at radius 1 is 1.00 bits per heavy atom. The molecule has 11 heavy (non-hydrogen) atoms. The molecule has 0 heterocycles. The molecule has 0 saturated heterocycles. The molecule has 3 heteroatoms. The second-order valence-corrected chi connectivity index (χ2v) is 2.10. The molecule has 62 valence electrons. The van der Waals surface area contributed by atoms with Crippen LogP contribution in [-0.2, 0) is 25.7 Å². The number of hydrogen-bond acceptors (Lipinski definition) is 2. The average molecular weight is 190 g/mol. The Kier molecular flexibility index (Phi) is 20.0. The SMILES string of the molecule is C1=CCCCC1.C=C.[O]=[Ti]=[O]. The first-order valence-corrected chi connectivity index (χ1v) is 4.83. The summed E-state index contributed by atoms with van der Waals surface area (Å²) < 4.78 is 17.0. The van der Waals surface area contributed by atoms with Crippen LogP contribution in [0.4, 0.5) is 0 Å². The van der Waals surface area contributed by atoms with Crippen LogP contribution in [0, 0.1) is 0 Å². The summed E-state index contributed by atoms with van der Waals surface area (Å²) >= 11 is -2.00. The van der Waals surface area contributed by atoms with E-state index in [1.165, 1.54) is 25.7 Å². The van der Waals surface area contributed by atoms with Crippen molar-refractivity contribution in [2.45, 2.75) is 25.7 Å². The molecule has 0 atom stereocenters. The third kappa shape index (κ3) is 17.7. The quantitative estimate of drug-likeness (QED) is 0.434. The zero-order chi connectivity index (χ0) is 8.95. The molecule has 0 saturated carbocycles. The predicted molar refractivity (Wildman–Crippen MR) is 40.2 cm³/mol. The molecule has 0 spiro atoms. The van der Waals surface area contributed by atoms with Gasteiger partial charge in [-0.25, -0.2) is 0 Å². The Morgan fingerprint density at radius 3 is 1.36 bits per heavy atom. The van der Waals surface area contributed by atoms with E-state index in [0.717, 1.165) is 0 Å². The zero-order valence-electron chi connectivity index (χ0n) is 6.71. The van der Waals surface area contributed by atoms with Gasteiger partial charge in [-0.1, -0.05) is 12.2 Å². The van der Waals surface area contributed by atoms with Crippen molar-refractivity contribution in [1.82, 2.24) is 0 Å². The first-order chi connectivity index (χ1) is 5.41. The van der Waals surface area contributed by atoms with E-state index in [0.29, 0.717) is 0 Å². The summed E-state index contributed by atoms with van der Waals surface area (Å²) in [6, 6.07) is 0. The van der Waals surface area contributed by atoms with Gasteiger partial charge in [0.2, 0.25) is 0 Å². The summed E-state index contributed by atoms with van der Waals surface area (Å²) in [5.74, 6) is 0. The molecular weight excluding hydrogens is 176 g/mol. The van der Waals surface area contributed by atoms with Crippen LogP contribution in [-0.4, -0.2) is 0 Å². The fourth-order valence-electron chi connectivity index (χ4n) is 0.760. The third-order valence-corrected chi connectivity index (χ3v) is 1.16. The van der Waals surface area contributed by atoms with E-state index >= 15 is 0 Å². The Balaban J connectivity index is 0. The number of rotatable bonds is 0. The predicted octanol–water partition coefficient (Wildman–Crippen LogP) is 2.68. The molecular formula is C8H14O2Ti. The van der Waals surface area contributed by atoms with Crippen molar-refractivity contribution in [2.24, 2.45) is 0 Å². The second kappa shape index (κ2) is 16.4. The van der Waals surface area contributed by atoms with Crippen LogP contribution in [0.1, 0.15) is 25.7 Å². The summed E-state index contributed by atoms with van der Waals surface area (Å²) in [5, 5.41) is 0. The van der Waals surface area contributed by atoms with Gasteiger partial charge in [-0.3, -0.25) is 0 Å². The molecule has 0 fully saturated rings. The molecule has 2 nitrogen and oxygen atoms in total. The van der Waals surface area contributed by atoms with E-state index in [-0.39, 0.29) is 0 Å². The van der Waals surface area contributed by atoms with E-state index in [1.807, 2.05) is 0 Å². The van der Waals surface area contributed by atoms with E-state index in [4.69, 9.17) is 6.65 Å². The summed E-state index contributed by atoms with van der Waals surface area (Å²) in [7, 11) is 0. The van der Waals surface area contributed by atoms with E-state index in [2.05, 4.69) is 25.3 Å². The van der Waals surface area contributed by atoms with E-state index in [9.17, 15) is 0 Å². The molecule has 0 radical (unpaired) electrons. The molecule has 0 N–H and O–H groups in total. The third-order valence-electron chi connectivity index (χ3n) is 1.16. The molecule has 0 unspecified atom stereocenters. The van der Waals surface area contributed by atoms with E-state index < -0.39 is 19.1 Å². The van der Waals surface area contributed by atoms with Gasteiger partial charge in [0.05, 0.1) is 0 Å². The standard InChI is InChI=1S/C6H10.C2H4.2O.Ti/c1-2-4-6-5-3-1;1-2;;;/h1-2H,3-6H2;1-2H2;;;. The Morgan fingerprint density at radius 2 is 1.27 bits per heavy atom. The van der Waals surface area contributed by atoms with Crippen LogP contribution in [0.2, 0.25) is 0 Å². The van der Waals surface area contributed by atoms with Crippen LogP contribution in [0.5, 0.6) is 0 Å². The first kappa shape index (κ1) is 13.4. The van der Waals surface area contributed by atoms with Gasteiger partial charge in [0.25, 0.3) is 0 Å². The summed E-state index contributed by atoms with van der Waals surface area (Å²) in [4.78, 5) is 0. The van der Waals surface area contributed by atoms with Gasteiger partial charge >= 0.3 is 25.7 Å². The number of hydrogen-bond donors (Lipinski definition) is 0. The fraction of sp³-hybridized carbons (Fsp3) is 0.500. The van der Waals surface area contributed by atoms with Gasteiger partial charge in [0.1, 0.15) is 0 Å². The fourth-order valence-corrected chi connectivity index (χ4v) is 0.760. The second-order valence-electron chi connectivity index (χ2n) is 1.84. The van der Waals surface area contributed by atoms with Gasteiger partial charge < -0.3 is 0 Å². The van der Waals surface area contributed by atoms with Crippen molar-refractivity contribution in [3.63, 3.8) is 0 Å². The first-order valence-electron chi connectivity index (χ1n) is 3.56. The minimum absolute atomic E-state index is 1.32. The van der Waals surface area contributed by atoms with Crippen LogP contribution in [0.3, 0.4) is 0 Å².